The summed E-state index contributed by atoms with van der Waals surface area (Å²) in [6, 6.07) is 9.45. The average molecular weight is 358 g/mol. The van der Waals surface area contributed by atoms with Crippen molar-refractivity contribution in [1.29, 1.82) is 0 Å². The van der Waals surface area contributed by atoms with Crippen LogP contribution in [0.15, 0.2) is 46.2 Å². The van der Waals surface area contributed by atoms with Gasteiger partial charge in [0.1, 0.15) is 11.5 Å². The lowest BCUT2D eigenvalue weighted by atomic mass is 10.2. The number of thioether (sulfide) groups is 1. The molecule has 130 valence electrons. The number of ether oxygens (including phenoxy) is 1. The SMILES string of the molecule is CCOc1ccccc1-n1c(SCC(N)=O)nnc1-c1ccoc1C. The van der Waals surface area contributed by atoms with Crippen molar-refractivity contribution in [3.05, 3.63) is 42.4 Å². The number of para-hydroxylation sites is 2. The quantitative estimate of drug-likeness (QED) is 0.653. The van der Waals surface area contributed by atoms with Crippen molar-refractivity contribution in [1.82, 2.24) is 14.8 Å². The number of hydrogen-bond acceptors (Lipinski definition) is 6. The second-order valence-electron chi connectivity index (χ2n) is 5.19. The van der Waals surface area contributed by atoms with Gasteiger partial charge in [0, 0.05) is 0 Å². The summed E-state index contributed by atoms with van der Waals surface area (Å²) in [4.78, 5) is 11.2. The molecule has 0 saturated carbocycles. The number of primary amides is 1. The predicted molar refractivity (Wildman–Crippen MR) is 94.9 cm³/mol. The highest BCUT2D eigenvalue weighted by Gasteiger charge is 2.21. The summed E-state index contributed by atoms with van der Waals surface area (Å²) in [5.74, 6) is 1.74. The Balaban J connectivity index is 2.16. The molecule has 7 nitrogen and oxygen atoms in total. The first kappa shape index (κ1) is 17.1. The number of nitrogens with zero attached hydrogens (tertiary/aromatic N) is 3. The number of amides is 1. The van der Waals surface area contributed by atoms with Crippen molar-refractivity contribution >= 4 is 17.7 Å². The number of benzene rings is 1. The van der Waals surface area contributed by atoms with Crippen molar-refractivity contribution in [2.75, 3.05) is 12.4 Å². The van der Waals surface area contributed by atoms with E-state index < -0.39 is 5.91 Å². The number of aromatic nitrogens is 3. The maximum absolute atomic E-state index is 11.2. The number of aryl methyl sites for hydroxylation is 1. The fourth-order valence-electron chi connectivity index (χ4n) is 2.43. The van der Waals surface area contributed by atoms with Gasteiger partial charge in [-0.1, -0.05) is 23.9 Å². The zero-order valence-corrected chi connectivity index (χ0v) is 14.7. The van der Waals surface area contributed by atoms with E-state index in [0.29, 0.717) is 23.3 Å². The molecule has 0 saturated heterocycles. The fourth-order valence-corrected chi connectivity index (χ4v) is 3.11. The van der Waals surface area contributed by atoms with Crippen molar-refractivity contribution < 1.29 is 13.9 Å². The molecular formula is C17H18N4O3S. The summed E-state index contributed by atoms with van der Waals surface area (Å²) in [6.45, 7) is 4.31. The molecule has 0 unspecified atom stereocenters. The Morgan fingerprint density at radius 2 is 2.12 bits per heavy atom. The molecule has 0 atom stereocenters. The largest absolute Gasteiger partial charge is 0.492 e. The lowest BCUT2D eigenvalue weighted by Gasteiger charge is -2.14. The van der Waals surface area contributed by atoms with Gasteiger partial charge in [-0.05, 0) is 32.0 Å². The van der Waals surface area contributed by atoms with Gasteiger partial charge in [0.15, 0.2) is 11.0 Å². The van der Waals surface area contributed by atoms with Crippen LogP contribution in [0.1, 0.15) is 12.7 Å². The minimum Gasteiger partial charge on any atom is -0.492 e. The van der Waals surface area contributed by atoms with E-state index in [2.05, 4.69) is 10.2 Å². The van der Waals surface area contributed by atoms with Gasteiger partial charge in [-0.15, -0.1) is 10.2 Å². The Morgan fingerprint density at radius 1 is 1.32 bits per heavy atom. The molecule has 0 bridgehead atoms. The Kier molecular flexibility index (Phi) is 5.08. The fraction of sp³-hybridized carbons (Fsp3) is 0.235. The van der Waals surface area contributed by atoms with E-state index in [0.717, 1.165) is 17.0 Å². The molecule has 1 amide bonds. The highest BCUT2D eigenvalue weighted by molar-refractivity contribution is 7.99. The van der Waals surface area contributed by atoms with E-state index >= 15 is 0 Å². The molecule has 0 radical (unpaired) electrons. The molecule has 0 aliphatic heterocycles. The summed E-state index contributed by atoms with van der Waals surface area (Å²) in [5, 5.41) is 9.09. The van der Waals surface area contributed by atoms with Crippen LogP contribution in [0.3, 0.4) is 0 Å². The molecule has 2 heterocycles. The first-order chi connectivity index (χ1) is 12.1. The molecule has 0 spiro atoms. The maximum atomic E-state index is 11.2. The number of furan rings is 1. The molecule has 2 aromatic heterocycles. The summed E-state index contributed by atoms with van der Waals surface area (Å²) in [5.41, 5.74) is 6.89. The molecule has 0 aliphatic carbocycles. The minimum absolute atomic E-state index is 0.110. The second kappa shape index (κ2) is 7.43. The predicted octanol–water partition coefficient (Wildman–Crippen LogP) is 2.81. The number of carbonyl (C=O) groups excluding carboxylic acids is 1. The van der Waals surface area contributed by atoms with Crippen molar-refractivity contribution in [3.8, 4) is 22.8 Å². The number of carbonyl (C=O) groups is 1. The van der Waals surface area contributed by atoms with E-state index in [9.17, 15) is 4.79 Å². The minimum atomic E-state index is -0.418. The van der Waals surface area contributed by atoms with Crippen LogP contribution in [0.2, 0.25) is 0 Å². The van der Waals surface area contributed by atoms with Crippen LogP contribution in [0.5, 0.6) is 5.75 Å². The summed E-state index contributed by atoms with van der Waals surface area (Å²) in [7, 11) is 0. The van der Waals surface area contributed by atoms with E-state index in [4.69, 9.17) is 14.9 Å². The van der Waals surface area contributed by atoms with E-state index in [1.54, 1.807) is 6.26 Å². The third-order valence-corrected chi connectivity index (χ3v) is 4.43. The lowest BCUT2D eigenvalue weighted by molar-refractivity contribution is -0.115. The van der Waals surface area contributed by atoms with E-state index in [-0.39, 0.29) is 5.75 Å². The third-order valence-electron chi connectivity index (χ3n) is 3.48. The number of hydrogen-bond donors (Lipinski definition) is 1. The maximum Gasteiger partial charge on any atom is 0.227 e. The third kappa shape index (κ3) is 3.53. The van der Waals surface area contributed by atoms with Crippen molar-refractivity contribution in [3.63, 3.8) is 0 Å². The zero-order valence-electron chi connectivity index (χ0n) is 13.9. The van der Waals surface area contributed by atoms with Crippen molar-refractivity contribution in [2.24, 2.45) is 5.73 Å². The summed E-state index contributed by atoms with van der Waals surface area (Å²) < 4.78 is 13.0. The Morgan fingerprint density at radius 3 is 2.80 bits per heavy atom. The number of rotatable bonds is 7. The summed E-state index contributed by atoms with van der Waals surface area (Å²) in [6.07, 6.45) is 1.61. The van der Waals surface area contributed by atoms with Crippen LogP contribution in [0, 0.1) is 6.92 Å². The van der Waals surface area contributed by atoms with E-state index in [1.807, 2.05) is 48.7 Å². The van der Waals surface area contributed by atoms with Crippen molar-refractivity contribution in [2.45, 2.75) is 19.0 Å². The van der Waals surface area contributed by atoms with Gasteiger partial charge in [-0.3, -0.25) is 9.36 Å². The molecule has 1 aromatic carbocycles. The molecule has 3 rings (SSSR count). The monoisotopic (exact) mass is 358 g/mol. The Hall–Kier alpha value is -2.74. The molecule has 8 heteroatoms. The van der Waals surface area contributed by atoms with Gasteiger partial charge in [-0.25, -0.2) is 0 Å². The highest BCUT2D eigenvalue weighted by atomic mass is 32.2. The molecule has 0 fully saturated rings. The van der Waals surface area contributed by atoms with Crippen LogP contribution in [0.4, 0.5) is 0 Å². The van der Waals surface area contributed by atoms with Crippen LogP contribution in [-0.2, 0) is 4.79 Å². The topological polar surface area (TPSA) is 96.2 Å². The van der Waals surface area contributed by atoms with Gasteiger partial charge >= 0.3 is 0 Å². The van der Waals surface area contributed by atoms with Crippen LogP contribution in [-0.4, -0.2) is 33.0 Å². The number of nitrogens with two attached hydrogens (primary N) is 1. The smallest absolute Gasteiger partial charge is 0.227 e. The van der Waals surface area contributed by atoms with Crippen LogP contribution in [0.25, 0.3) is 17.1 Å². The van der Waals surface area contributed by atoms with Crippen LogP contribution < -0.4 is 10.5 Å². The van der Waals surface area contributed by atoms with Crippen LogP contribution >= 0.6 is 11.8 Å². The first-order valence-electron chi connectivity index (χ1n) is 7.75. The lowest BCUT2D eigenvalue weighted by Crippen LogP contribution is -2.14. The Labute approximate surface area is 149 Å². The van der Waals surface area contributed by atoms with Gasteiger partial charge in [0.05, 0.1) is 29.9 Å². The molecular weight excluding hydrogens is 340 g/mol. The molecule has 2 N–H and O–H groups in total. The summed E-state index contributed by atoms with van der Waals surface area (Å²) >= 11 is 1.23. The first-order valence-corrected chi connectivity index (χ1v) is 8.73. The zero-order chi connectivity index (χ0) is 17.8. The highest BCUT2D eigenvalue weighted by Crippen LogP contribution is 2.33. The molecule has 25 heavy (non-hydrogen) atoms. The second-order valence-corrected chi connectivity index (χ2v) is 6.13. The average Bonchev–Trinajstić information content (AvgIpc) is 3.19. The standard InChI is InChI=1S/C17H18N4O3S/c1-3-23-14-7-5-4-6-13(14)21-16(12-8-9-24-11(12)2)19-20-17(21)25-10-15(18)22/h4-9H,3,10H2,1-2H3,(H2,18,22). The Bertz CT molecular complexity index is 888. The van der Waals surface area contributed by atoms with Gasteiger partial charge < -0.3 is 14.9 Å². The molecule has 0 aliphatic rings. The van der Waals surface area contributed by atoms with Gasteiger partial charge in [0.2, 0.25) is 5.91 Å². The molecule has 3 aromatic rings. The normalized spacial score (nSPS) is 10.8. The van der Waals surface area contributed by atoms with Gasteiger partial charge in [0.25, 0.3) is 0 Å². The van der Waals surface area contributed by atoms with E-state index in [1.165, 1.54) is 11.8 Å². The van der Waals surface area contributed by atoms with Gasteiger partial charge in [-0.2, -0.15) is 0 Å².